The molecule has 1 aliphatic heterocycles. The summed E-state index contributed by atoms with van der Waals surface area (Å²) in [5.74, 6) is -0.0452. The third-order valence-electron chi connectivity index (χ3n) is 3.38. The number of anilines is 1. The van der Waals surface area contributed by atoms with E-state index in [1.807, 2.05) is 56.3 Å². The van der Waals surface area contributed by atoms with Crippen LogP contribution in [0, 0.1) is 0 Å². The molecule has 1 fully saturated rings. The quantitative estimate of drug-likeness (QED) is 0.610. The number of hydrogen-bond acceptors (Lipinski definition) is 5. The van der Waals surface area contributed by atoms with Crippen LogP contribution in [0.15, 0.2) is 29.2 Å². The smallest absolute Gasteiger partial charge is 0.266 e. The van der Waals surface area contributed by atoms with Crippen LogP contribution in [0.5, 0.6) is 0 Å². The molecule has 0 N–H and O–H groups in total. The van der Waals surface area contributed by atoms with Crippen LogP contribution in [0.1, 0.15) is 12.5 Å². The fourth-order valence-electron chi connectivity index (χ4n) is 2.20. The van der Waals surface area contributed by atoms with Crippen LogP contribution in [0.25, 0.3) is 6.08 Å². The second-order valence-corrected chi connectivity index (χ2v) is 7.02. The van der Waals surface area contributed by atoms with Gasteiger partial charge in [-0.25, -0.2) is 0 Å². The number of ether oxygens (including phenoxy) is 1. The number of thiocarbonyl (C=S) groups is 1. The molecule has 1 heterocycles. The minimum Gasteiger partial charge on any atom is -0.383 e. The molecule has 1 saturated heterocycles. The Kier molecular flexibility index (Phi) is 5.61. The summed E-state index contributed by atoms with van der Waals surface area (Å²) in [6, 6.07) is 8.00. The second-order valence-electron chi connectivity index (χ2n) is 5.34. The van der Waals surface area contributed by atoms with E-state index in [4.69, 9.17) is 17.0 Å². The molecule has 1 amide bonds. The summed E-state index contributed by atoms with van der Waals surface area (Å²) in [7, 11) is 5.62. The number of nitrogens with zero attached hydrogens (tertiary/aromatic N) is 2. The molecule has 0 saturated carbocycles. The van der Waals surface area contributed by atoms with Gasteiger partial charge in [-0.1, -0.05) is 36.1 Å². The lowest BCUT2D eigenvalue weighted by atomic mass is 10.2. The third kappa shape index (κ3) is 3.69. The Bertz CT molecular complexity index is 597. The molecule has 1 aliphatic rings. The van der Waals surface area contributed by atoms with E-state index in [1.54, 1.807) is 12.0 Å². The summed E-state index contributed by atoms with van der Waals surface area (Å²) >= 11 is 6.67. The Morgan fingerprint density at radius 3 is 2.55 bits per heavy atom. The Hall–Kier alpha value is -1.37. The third-order valence-corrected chi connectivity index (χ3v) is 4.71. The average molecular weight is 336 g/mol. The molecule has 22 heavy (non-hydrogen) atoms. The van der Waals surface area contributed by atoms with Crippen LogP contribution in [0.2, 0.25) is 0 Å². The van der Waals surface area contributed by atoms with Crippen LogP contribution in [0.4, 0.5) is 5.69 Å². The summed E-state index contributed by atoms with van der Waals surface area (Å²) in [6.45, 7) is 2.40. The van der Waals surface area contributed by atoms with Crippen molar-refractivity contribution in [2.45, 2.75) is 13.0 Å². The Labute approximate surface area is 141 Å². The van der Waals surface area contributed by atoms with Crippen molar-refractivity contribution < 1.29 is 9.53 Å². The van der Waals surface area contributed by atoms with Crippen LogP contribution >= 0.6 is 24.0 Å². The van der Waals surface area contributed by atoms with Gasteiger partial charge in [0.25, 0.3) is 5.91 Å². The number of carbonyl (C=O) groups is 1. The predicted molar refractivity (Wildman–Crippen MR) is 97.1 cm³/mol. The van der Waals surface area contributed by atoms with E-state index in [1.165, 1.54) is 11.8 Å². The summed E-state index contributed by atoms with van der Waals surface area (Å²) in [5, 5.41) is 0. The molecule has 1 aromatic carbocycles. The van der Waals surface area contributed by atoms with Gasteiger partial charge in [-0.3, -0.25) is 9.69 Å². The highest BCUT2D eigenvalue weighted by atomic mass is 32.2. The summed E-state index contributed by atoms with van der Waals surface area (Å²) in [6.07, 6.45) is 1.89. The van der Waals surface area contributed by atoms with Crippen molar-refractivity contribution in [3.63, 3.8) is 0 Å². The van der Waals surface area contributed by atoms with E-state index >= 15 is 0 Å². The van der Waals surface area contributed by atoms with Crippen molar-refractivity contribution in [3.05, 3.63) is 34.7 Å². The summed E-state index contributed by atoms with van der Waals surface area (Å²) < 4.78 is 5.70. The number of methoxy groups -OCH3 is 1. The molecule has 1 atom stereocenters. The molecule has 4 nitrogen and oxygen atoms in total. The van der Waals surface area contributed by atoms with Gasteiger partial charge < -0.3 is 9.64 Å². The van der Waals surface area contributed by atoms with Crippen molar-refractivity contribution in [3.8, 4) is 0 Å². The first-order chi connectivity index (χ1) is 10.4. The number of rotatable bonds is 5. The molecular weight excluding hydrogens is 316 g/mol. The van der Waals surface area contributed by atoms with E-state index in [0.717, 1.165) is 11.3 Å². The lowest BCUT2D eigenvalue weighted by Crippen LogP contribution is -2.39. The summed E-state index contributed by atoms with van der Waals surface area (Å²) in [4.78, 5) is 16.8. The molecule has 1 aromatic rings. The van der Waals surface area contributed by atoms with Crippen molar-refractivity contribution in [2.24, 2.45) is 0 Å². The van der Waals surface area contributed by atoms with Crippen molar-refractivity contribution >= 4 is 46.0 Å². The van der Waals surface area contributed by atoms with Gasteiger partial charge in [-0.15, -0.1) is 0 Å². The molecule has 6 heteroatoms. The van der Waals surface area contributed by atoms with E-state index < -0.39 is 0 Å². The first kappa shape index (κ1) is 17.0. The molecule has 0 bridgehead atoms. The first-order valence-electron chi connectivity index (χ1n) is 6.97. The van der Waals surface area contributed by atoms with Gasteiger partial charge in [0.05, 0.1) is 17.6 Å². The molecule has 0 radical (unpaired) electrons. The van der Waals surface area contributed by atoms with Crippen molar-refractivity contribution in [1.29, 1.82) is 0 Å². The monoisotopic (exact) mass is 336 g/mol. The maximum Gasteiger partial charge on any atom is 0.266 e. The topological polar surface area (TPSA) is 32.8 Å². The van der Waals surface area contributed by atoms with Gasteiger partial charge in [0, 0.05) is 26.9 Å². The maximum absolute atomic E-state index is 12.5. The van der Waals surface area contributed by atoms with Gasteiger partial charge in [0.15, 0.2) is 0 Å². The minimum atomic E-state index is -0.0560. The first-order valence-corrected chi connectivity index (χ1v) is 8.20. The molecule has 118 valence electrons. The van der Waals surface area contributed by atoms with E-state index in [2.05, 4.69) is 0 Å². The van der Waals surface area contributed by atoms with Crippen LogP contribution < -0.4 is 4.90 Å². The SMILES string of the molecule is COCC(C)N1C(=O)/C(=C/c2ccc(N(C)C)cc2)SC1=S. The zero-order chi connectivity index (χ0) is 16.3. The van der Waals surface area contributed by atoms with E-state index in [-0.39, 0.29) is 11.9 Å². The van der Waals surface area contributed by atoms with Crippen LogP contribution in [-0.4, -0.2) is 49.0 Å². The number of thioether (sulfide) groups is 1. The number of hydrogen-bond donors (Lipinski definition) is 0. The summed E-state index contributed by atoms with van der Waals surface area (Å²) in [5.41, 5.74) is 2.11. The lowest BCUT2D eigenvalue weighted by Gasteiger charge is -2.22. The van der Waals surface area contributed by atoms with Crippen molar-refractivity contribution in [2.75, 3.05) is 32.7 Å². The number of benzene rings is 1. The molecule has 1 unspecified atom stereocenters. The normalized spacial score (nSPS) is 18.2. The highest BCUT2D eigenvalue weighted by molar-refractivity contribution is 8.26. The molecule has 0 aliphatic carbocycles. The fraction of sp³-hybridized carbons (Fsp3) is 0.375. The van der Waals surface area contributed by atoms with Gasteiger partial charge in [-0.05, 0) is 30.7 Å². The molecular formula is C16H20N2O2S2. The van der Waals surface area contributed by atoms with Gasteiger partial charge in [-0.2, -0.15) is 0 Å². The Balaban J connectivity index is 2.19. The van der Waals surface area contributed by atoms with E-state index in [0.29, 0.717) is 15.8 Å². The maximum atomic E-state index is 12.5. The predicted octanol–water partition coefficient (Wildman–Crippen LogP) is 2.99. The average Bonchev–Trinajstić information content (AvgIpc) is 2.74. The minimum absolute atomic E-state index is 0.0452. The zero-order valence-corrected chi connectivity index (χ0v) is 14.8. The largest absolute Gasteiger partial charge is 0.383 e. The highest BCUT2D eigenvalue weighted by Gasteiger charge is 2.35. The van der Waals surface area contributed by atoms with Crippen molar-refractivity contribution in [1.82, 2.24) is 4.90 Å². The van der Waals surface area contributed by atoms with Gasteiger partial charge in [0.2, 0.25) is 0 Å². The fourth-order valence-corrected chi connectivity index (χ4v) is 3.66. The standard InChI is InChI=1S/C16H20N2O2S2/c1-11(10-20-4)18-15(19)14(22-16(18)21)9-12-5-7-13(8-6-12)17(2)3/h5-9,11H,10H2,1-4H3/b14-9-. The number of carbonyl (C=O) groups excluding carboxylic acids is 1. The second kappa shape index (κ2) is 7.26. The van der Waals surface area contributed by atoms with E-state index in [9.17, 15) is 4.79 Å². The van der Waals surface area contributed by atoms with Gasteiger partial charge in [0.1, 0.15) is 4.32 Å². The Morgan fingerprint density at radius 2 is 2.00 bits per heavy atom. The van der Waals surface area contributed by atoms with Crippen LogP contribution in [-0.2, 0) is 9.53 Å². The molecule has 0 spiro atoms. The molecule has 2 rings (SSSR count). The van der Waals surface area contributed by atoms with Crippen LogP contribution in [0.3, 0.4) is 0 Å². The van der Waals surface area contributed by atoms with Gasteiger partial charge >= 0.3 is 0 Å². The zero-order valence-electron chi connectivity index (χ0n) is 13.2. The number of amides is 1. The molecule has 0 aromatic heterocycles. The Morgan fingerprint density at radius 1 is 1.36 bits per heavy atom. The highest BCUT2D eigenvalue weighted by Crippen LogP contribution is 2.34. The lowest BCUT2D eigenvalue weighted by molar-refractivity contribution is -0.124.